The average molecular weight is 264 g/mol. The molecule has 104 valence electrons. The number of benzene rings is 1. The highest BCUT2D eigenvalue weighted by molar-refractivity contribution is 5.92. The van der Waals surface area contributed by atoms with Crippen LogP contribution in [0.2, 0.25) is 0 Å². The lowest BCUT2D eigenvalue weighted by Crippen LogP contribution is -2.50. The highest BCUT2D eigenvalue weighted by atomic mass is 16.5. The zero-order chi connectivity index (χ0) is 13.7. The minimum atomic E-state index is -0.0867. The van der Waals surface area contributed by atoms with Crippen molar-refractivity contribution in [3.05, 3.63) is 29.8 Å². The topological polar surface area (TPSA) is 61.8 Å². The van der Waals surface area contributed by atoms with Crippen LogP contribution >= 0.6 is 0 Å². The second kappa shape index (κ2) is 6.65. The number of carbonyl (C=O) groups excluding carboxylic acids is 1. The fourth-order valence-corrected chi connectivity index (χ4v) is 2.15. The van der Waals surface area contributed by atoms with E-state index >= 15 is 0 Å². The molecular formula is C14H20N2O3. The Morgan fingerprint density at radius 1 is 1.53 bits per heavy atom. The molecule has 1 saturated heterocycles. The van der Waals surface area contributed by atoms with Crippen LogP contribution in [0.4, 0.5) is 5.69 Å². The summed E-state index contributed by atoms with van der Waals surface area (Å²) in [4.78, 5) is 14.0. The molecule has 0 spiro atoms. The van der Waals surface area contributed by atoms with Crippen LogP contribution in [0.15, 0.2) is 24.3 Å². The van der Waals surface area contributed by atoms with Crippen molar-refractivity contribution in [1.29, 1.82) is 0 Å². The number of morpholine rings is 1. The van der Waals surface area contributed by atoms with E-state index in [-0.39, 0.29) is 25.1 Å². The molecule has 5 nitrogen and oxygen atoms in total. The third-order valence-corrected chi connectivity index (χ3v) is 3.33. The number of aliphatic hydroxyl groups is 1. The normalized spacial score (nSPS) is 20.2. The average Bonchev–Trinajstić information content (AvgIpc) is 2.42. The number of rotatable bonds is 4. The molecule has 0 radical (unpaired) electrons. The molecule has 19 heavy (non-hydrogen) atoms. The molecule has 1 amide bonds. The Morgan fingerprint density at radius 2 is 2.32 bits per heavy atom. The van der Waals surface area contributed by atoms with Gasteiger partial charge in [0, 0.05) is 12.2 Å². The number of carbonyl (C=O) groups is 1. The molecule has 1 aliphatic heterocycles. The maximum Gasteiger partial charge on any atom is 0.238 e. The summed E-state index contributed by atoms with van der Waals surface area (Å²) in [6.07, 6.45) is 0. The summed E-state index contributed by atoms with van der Waals surface area (Å²) in [5.41, 5.74) is 1.87. The van der Waals surface area contributed by atoms with Crippen LogP contribution in [-0.4, -0.2) is 54.9 Å². The van der Waals surface area contributed by atoms with Crippen molar-refractivity contribution < 1.29 is 14.6 Å². The summed E-state index contributed by atoms with van der Waals surface area (Å²) in [6.45, 7) is 4.01. The molecule has 1 aliphatic rings. The lowest BCUT2D eigenvalue weighted by molar-refractivity contribution is -0.120. The van der Waals surface area contributed by atoms with E-state index in [1.54, 1.807) is 0 Å². The first kappa shape index (κ1) is 14.0. The number of para-hydroxylation sites is 1. The minimum Gasteiger partial charge on any atom is -0.395 e. The predicted octanol–water partition coefficient (Wildman–Crippen LogP) is 0.627. The number of nitrogens with one attached hydrogen (secondary N) is 1. The van der Waals surface area contributed by atoms with Gasteiger partial charge in [0.25, 0.3) is 0 Å². The van der Waals surface area contributed by atoms with Gasteiger partial charge in [0.15, 0.2) is 0 Å². The van der Waals surface area contributed by atoms with Gasteiger partial charge in [-0.05, 0) is 18.6 Å². The first-order valence-electron chi connectivity index (χ1n) is 6.49. The van der Waals surface area contributed by atoms with Gasteiger partial charge in [0.1, 0.15) is 0 Å². The summed E-state index contributed by atoms with van der Waals surface area (Å²) < 4.78 is 5.29. The molecule has 1 aromatic carbocycles. The first-order chi connectivity index (χ1) is 9.20. The third kappa shape index (κ3) is 3.76. The van der Waals surface area contributed by atoms with Gasteiger partial charge in [-0.1, -0.05) is 18.2 Å². The molecule has 0 bridgehead atoms. The fraction of sp³-hybridized carbons (Fsp3) is 0.500. The number of hydrogen-bond donors (Lipinski definition) is 2. The second-order valence-electron chi connectivity index (χ2n) is 4.74. The van der Waals surface area contributed by atoms with Gasteiger partial charge in [0.05, 0.1) is 32.4 Å². The summed E-state index contributed by atoms with van der Waals surface area (Å²) >= 11 is 0. The maximum absolute atomic E-state index is 12.0. The van der Waals surface area contributed by atoms with Gasteiger partial charge in [-0.15, -0.1) is 0 Å². The van der Waals surface area contributed by atoms with Gasteiger partial charge >= 0.3 is 0 Å². The predicted molar refractivity (Wildman–Crippen MR) is 73.1 cm³/mol. The molecule has 2 rings (SSSR count). The summed E-state index contributed by atoms with van der Waals surface area (Å²) in [7, 11) is 0. The monoisotopic (exact) mass is 264 g/mol. The summed E-state index contributed by atoms with van der Waals surface area (Å²) in [5.74, 6) is -0.0605. The molecule has 1 fully saturated rings. The van der Waals surface area contributed by atoms with Gasteiger partial charge in [-0.3, -0.25) is 9.69 Å². The van der Waals surface area contributed by atoms with Gasteiger partial charge < -0.3 is 15.2 Å². The van der Waals surface area contributed by atoms with Gasteiger partial charge in [-0.2, -0.15) is 0 Å². The van der Waals surface area contributed by atoms with Crippen LogP contribution < -0.4 is 5.32 Å². The van der Waals surface area contributed by atoms with Crippen molar-refractivity contribution in [1.82, 2.24) is 4.90 Å². The van der Waals surface area contributed by atoms with Crippen molar-refractivity contribution in [3.63, 3.8) is 0 Å². The summed E-state index contributed by atoms with van der Waals surface area (Å²) in [5, 5.41) is 12.2. The second-order valence-corrected chi connectivity index (χ2v) is 4.74. The van der Waals surface area contributed by atoms with Crippen molar-refractivity contribution in [3.8, 4) is 0 Å². The molecule has 0 saturated carbocycles. The Balaban J connectivity index is 1.92. The standard InChI is InChI=1S/C14H20N2O3/c1-11-4-2-3-5-13(11)15-14(18)8-16-6-7-19-10-12(16)9-17/h2-5,12,17H,6-10H2,1H3,(H,15,18). The Labute approximate surface area is 113 Å². The largest absolute Gasteiger partial charge is 0.395 e. The smallest absolute Gasteiger partial charge is 0.238 e. The molecule has 5 heteroatoms. The maximum atomic E-state index is 12.0. The van der Waals surface area contributed by atoms with E-state index in [0.717, 1.165) is 11.3 Å². The van der Waals surface area contributed by atoms with E-state index in [1.807, 2.05) is 36.1 Å². The highest BCUT2D eigenvalue weighted by Crippen LogP contribution is 2.13. The zero-order valence-corrected chi connectivity index (χ0v) is 11.1. The molecule has 1 heterocycles. The fourth-order valence-electron chi connectivity index (χ4n) is 2.15. The van der Waals surface area contributed by atoms with Crippen molar-refractivity contribution in [2.45, 2.75) is 13.0 Å². The van der Waals surface area contributed by atoms with Crippen LogP contribution in [0.5, 0.6) is 0 Å². The Kier molecular flexibility index (Phi) is 4.90. The number of anilines is 1. The van der Waals surface area contributed by atoms with E-state index in [0.29, 0.717) is 19.8 Å². The first-order valence-corrected chi connectivity index (χ1v) is 6.49. The van der Waals surface area contributed by atoms with E-state index < -0.39 is 0 Å². The van der Waals surface area contributed by atoms with Gasteiger partial charge in [0.2, 0.25) is 5.91 Å². The van der Waals surface area contributed by atoms with E-state index in [1.165, 1.54) is 0 Å². The summed E-state index contributed by atoms with van der Waals surface area (Å²) in [6, 6.07) is 7.59. The molecule has 2 N–H and O–H groups in total. The number of ether oxygens (including phenoxy) is 1. The quantitative estimate of drug-likeness (QED) is 0.837. The van der Waals surface area contributed by atoms with Crippen LogP contribution in [0.25, 0.3) is 0 Å². The molecule has 1 unspecified atom stereocenters. The van der Waals surface area contributed by atoms with Crippen molar-refractivity contribution >= 4 is 11.6 Å². The van der Waals surface area contributed by atoms with Crippen molar-refractivity contribution in [2.24, 2.45) is 0 Å². The number of aliphatic hydroxyl groups excluding tert-OH is 1. The lowest BCUT2D eigenvalue weighted by atomic mass is 10.2. The Bertz CT molecular complexity index is 436. The highest BCUT2D eigenvalue weighted by Gasteiger charge is 2.24. The van der Waals surface area contributed by atoms with E-state index in [9.17, 15) is 9.90 Å². The van der Waals surface area contributed by atoms with Crippen molar-refractivity contribution in [2.75, 3.05) is 38.2 Å². The van der Waals surface area contributed by atoms with E-state index in [2.05, 4.69) is 5.32 Å². The Morgan fingerprint density at radius 3 is 3.05 bits per heavy atom. The van der Waals surface area contributed by atoms with Gasteiger partial charge in [-0.25, -0.2) is 0 Å². The molecule has 1 atom stereocenters. The zero-order valence-electron chi connectivity index (χ0n) is 11.1. The van der Waals surface area contributed by atoms with Crippen LogP contribution in [-0.2, 0) is 9.53 Å². The van der Waals surface area contributed by atoms with Crippen LogP contribution in [0, 0.1) is 6.92 Å². The minimum absolute atomic E-state index is 0.0116. The van der Waals surface area contributed by atoms with Crippen LogP contribution in [0.3, 0.4) is 0 Å². The van der Waals surface area contributed by atoms with E-state index in [4.69, 9.17) is 4.74 Å². The number of amides is 1. The Hall–Kier alpha value is -1.43. The molecular weight excluding hydrogens is 244 g/mol. The third-order valence-electron chi connectivity index (χ3n) is 3.33. The number of nitrogens with zero attached hydrogens (tertiary/aromatic N) is 1. The molecule has 1 aromatic rings. The lowest BCUT2D eigenvalue weighted by Gasteiger charge is -2.33. The SMILES string of the molecule is Cc1ccccc1NC(=O)CN1CCOCC1CO. The molecule has 0 aliphatic carbocycles. The number of hydrogen-bond acceptors (Lipinski definition) is 4. The number of aryl methyl sites for hydroxylation is 1. The molecule has 0 aromatic heterocycles. The van der Waals surface area contributed by atoms with Crippen LogP contribution in [0.1, 0.15) is 5.56 Å².